The molecule has 12 aromatic rings. The first-order valence-corrected chi connectivity index (χ1v) is 51.8. The van der Waals surface area contributed by atoms with Gasteiger partial charge < -0.3 is 52.1 Å². The predicted octanol–water partition coefficient (Wildman–Crippen LogP) is 15.8. The highest BCUT2D eigenvalue weighted by Crippen LogP contribution is 2.40. The van der Waals surface area contributed by atoms with Crippen molar-refractivity contribution < 1.29 is 74.8 Å². The number of esters is 3. The number of hydrogen-bond donors (Lipinski definition) is 1. The number of benzene rings is 6. The van der Waals surface area contributed by atoms with Crippen LogP contribution in [0.2, 0.25) is 0 Å². The second-order valence-electron chi connectivity index (χ2n) is 34.4. The lowest BCUT2D eigenvalue weighted by Gasteiger charge is -2.32. The molecule has 8 aliphatic rings. The highest BCUT2D eigenvalue weighted by molar-refractivity contribution is 9.15. The van der Waals surface area contributed by atoms with Crippen molar-refractivity contribution >= 4 is 170 Å². The van der Waals surface area contributed by atoms with E-state index in [0.717, 1.165) is 219 Å². The zero-order valence-corrected chi connectivity index (χ0v) is 84.2. The van der Waals surface area contributed by atoms with Crippen LogP contribution in [0.1, 0.15) is 146 Å². The van der Waals surface area contributed by atoms with Gasteiger partial charge in [-0.2, -0.15) is 0 Å². The average Bonchev–Trinajstić information content (AvgIpc) is 1.58. The van der Waals surface area contributed by atoms with E-state index in [4.69, 9.17) is 52.3 Å². The summed E-state index contributed by atoms with van der Waals surface area (Å²) in [5.41, 5.74) is 17.1. The Kier molecular flexibility index (Phi) is 32.8. The third-order valence-corrected chi connectivity index (χ3v) is 30.3. The van der Waals surface area contributed by atoms with E-state index in [9.17, 15) is 27.6 Å². The van der Waals surface area contributed by atoms with Gasteiger partial charge in [0.1, 0.15) is 0 Å². The molecule has 6 aromatic heterocycles. The number of carbonyl (C=O) groups is 4. The first-order valence-electron chi connectivity index (χ1n) is 45.2. The summed E-state index contributed by atoms with van der Waals surface area (Å²) in [6.45, 7) is 34.9. The molecule has 134 heavy (non-hydrogen) atoms. The number of rotatable bonds is 22. The zero-order valence-electron chi connectivity index (χ0n) is 76.2. The van der Waals surface area contributed by atoms with Gasteiger partial charge in [-0.1, -0.05) is 92.5 Å². The second kappa shape index (κ2) is 44.7. The summed E-state index contributed by atoms with van der Waals surface area (Å²) in [6.07, 6.45) is 13.0. The van der Waals surface area contributed by atoms with Crippen LogP contribution in [0.5, 0.6) is 0 Å². The monoisotopic (exact) mass is 2090 g/mol. The van der Waals surface area contributed by atoms with Crippen LogP contribution in [-0.2, 0) is 103 Å². The number of thiazole rings is 3. The SMILES string of the molecule is BrC1=CCc2ccc(CN3CCOCC3)cc21.CCOC(=O)c1csc(-n2cc(B3OC(C)(C)C(C)(C)O3)c3cc(CN4CCOCC4)ccc32)n1.CCOC(=O)c1csc(-n2cc(Br)c3cc(CN4CCOCC4)ccc32)n1.CCOC(=O)c1csc(-n2cc(Cc3ccc(S(N)(=O)=O)cc3)c3cc(CN4CCOCC4)ccc32)n1.O=C(c1ccc2c(c1)C(Br)=CC2)N1CCOCC1. The number of amides is 1. The summed E-state index contributed by atoms with van der Waals surface area (Å²) in [6, 6.07) is 38.8. The van der Waals surface area contributed by atoms with Gasteiger partial charge in [-0.25, -0.2) is 42.9 Å². The topological polar surface area (TPSA) is 290 Å². The van der Waals surface area contributed by atoms with Gasteiger partial charge in [-0.05, 0) is 206 Å². The molecule has 0 unspecified atom stereocenters. The van der Waals surface area contributed by atoms with Crippen molar-refractivity contribution in [2.24, 2.45) is 5.14 Å². The van der Waals surface area contributed by atoms with Crippen LogP contribution in [0.15, 0.2) is 172 Å². The zero-order chi connectivity index (χ0) is 93.8. The minimum absolute atomic E-state index is 0.0840. The normalized spacial score (nSPS) is 17.4. The Labute approximate surface area is 818 Å². The number of allylic oxidation sites excluding steroid dienone is 2. The first-order chi connectivity index (χ1) is 64.7. The second-order valence-corrected chi connectivity index (χ2v) is 41.0. The maximum atomic E-state index is 12.3. The Morgan fingerprint density at radius 2 is 0.813 bits per heavy atom. The first kappa shape index (κ1) is 98.2. The van der Waals surface area contributed by atoms with Crippen LogP contribution in [-0.4, -0.2) is 255 Å². The number of fused-ring (bicyclic) bond motifs is 5. The lowest BCUT2D eigenvalue weighted by Crippen LogP contribution is -2.41. The van der Waals surface area contributed by atoms with E-state index in [1.807, 2.05) is 55.4 Å². The molecule has 2 aliphatic carbocycles. The average molecular weight is 2090 g/mol. The Morgan fingerprint density at radius 3 is 1.25 bits per heavy atom. The third kappa shape index (κ3) is 23.9. The van der Waals surface area contributed by atoms with Gasteiger partial charge in [0.2, 0.25) is 10.0 Å². The molecule has 28 nitrogen and oxygen atoms in total. The van der Waals surface area contributed by atoms with Crippen molar-refractivity contribution in [1.29, 1.82) is 0 Å². The molecule has 36 heteroatoms. The Balaban J connectivity index is 0.000000125. The Hall–Kier alpha value is -8.84. The fraction of sp³-hybridized carbons (Fsp3) is 0.398. The molecule has 6 saturated heterocycles. The summed E-state index contributed by atoms with van der Waals surface area (Å²) in [7, 11) is -4.26. The fourth-order valence-corrected chi connectivity index (χ4v) is 21.3. The van der Waals surface area contributed by atoms with Crippen molar-refractivity contribution in [1.82, 2.24) is 53.2 Å². The quantitative estimate of drug-likeness (QED) is 0.0374. The number of sulfonamides is 1. The van der Waals surface area contributed by atoms with Gasteiger partial charge in [-0.3, -0.25) is 38.1 Å². The van der Waals surface area contributed by atoms with E-state index in [-0.39, 0.29) is 22.5 Å². The summed E-state index contributed by atoms with van der Waals surface area (Å²) < 4.78 is 87.8. The number of carbonyl (C=O) groups excluding carboxylic acids is 4. The molecule has 0 bridgehead atoms. The highest BCUT2D eigenvalue weighted by atomic mass is 79.9. The lowest BCUT2D eigenvalue weighted by atomic mass is 9.79. The minimum atomic E-state index is -3.75. The van der Waals surface area contributed by atoms with Crippen LogP contribution in [0.25, 0.3) is 57.1 Å². The van der Waals surface area contributed by atoms with Crippen molar-refractivity contribution in [3.05, 3.63) is 245 Å². The molecule has 6 fully saturated rings. The van der Waals surface area contributed by atoms with Crippen molar-refractivity contribution in [2.75, 3.05) is 151 Å². The number of nitrogens with two attached hydrogens (primary N) is 1. The van der Waals surface area contributed by atoms with Crippen LogP contribution in [0, 0.1) is 0 Å². The fourth-order valence-electron chi connectivity index (χ4n) is 16.9. The molecule has 12 heterocycles. The van der Waals surface area contributed by atoms with Crippen LogP contribution < -0.4 is 10.6 Å². The standard InChI is InChI=1S/C26H28N4O5S2.C25H32BN3O5S.C19H20BrN3O3S.C14H14BrNO2.C14H16BrNO/c1-2-35-25(31)23-17-36-26(28-23)30-16-20(13-18-3-6-21(7-4-18)37(27,32)33)22-14-19(5-8-24(22)30)15-29-9-11-34-12-10-29;1-6-32-22(30)20-16-35-23(27-20)29-15-19(26-33-24(2,3)25(4,5)34-26)18-13-17(7-8-21(18)29)14-28-9-11-31-12-10-28;1-2-26-18(24)16-12-27-19(21-16)23-11-15(20)14-9-13(3-4-17(14)23)10-22-5-7-25-8-6-22;15-13-4-3-10-1-2-11(9-12(10)13)14(17)16-5-7-18-8-6-16;15-14-4-3-12-2-1-11(9-13(12)14)10-16-5-7-17-8-6-16/h3-8,14,16-17H,2,9-13,15H2,1H3,(H2,27,32,33);7-8,13,15-16H,6,9-12,14H2,1-5H3;3-4,9,11-12H,2,5-8,10H2,1H3;1-2,4,9H,3,5-8H2;1-2,4,9H,3,5-8,10H2. The van der Waals surface area contributed by atoms with Crippen molar-refractivity contribution in [3.8, 4) is 15.4 Å². The summed E-state index contributed by atoms with van der Waals surface area (Å²) in [5, 5.41) is 15.8. The molecule has 0 radical (unpaired) electrons. The number of morpholine rings is 5. The molecule has 0 saturated carbocycles. The van der Waals surface area contributed by atoms with Gasteiger partial charge in [0, 0.05) is 167 Å². The van der Waals surface area contributed by atoms with Gasteiger partial charge in [0.05, 0.1) is 119 Å². The molecular formula is C98H110BBr3N12O16S4. The van der Waals surface area contributed by atoms with Gasteiger partial charge in [-0.15, -0.1) is 34.0 Å². The van der Waals surface area contributed by atoms with Gasteiger partial charge >= 0.3 is 25.0 Å². The van der Waals surface area contributed by atoms with Gasteiger partial charge in [0.25, 0.3) is 5.91 Å². The summed E-state index contributed by atoms with van der Waals surface area (Å²) in [5.74, 6) is -1.13. The van der Waals surface area contributed by atoms with Gasteiger partial charge in [0.15, 0.2) is 32.5 Å². The van der Waals surface area contributed by atoms with Crippen molar-refractivity contribution in [3.63, 3.8) is 0 Å². The van der Waals surface area contributed by atoms with E-state index in [1.54, 1.807) is 49.0 Å². The number of hydrogen-bond acceptors (Lipinski definition) is 26. The van der Waals surface area contributed by atoms with Crippen LogP contribution >= 0.6 is 81.8 Å². The Bertz CT molecular complexity index is 6360. The Morgan fingerprint density at radius 1 is 0.448 bits per heavy atom. The number of aromatic nitrogens is 6. The van der Waals surface area contributed by atoms with E-state index in [1.165, 1.54) is 89.6 Å². The molecule has 0 spiro atoms. The molecule has 20 rings (SSSR count). The maximum Gasteiger partial charge on any atom is 0.497 e. The van der Waals surface area contributed by atoms with E-state index < -0.39 is 40.3 Å². The molecule has 1 amide bonds. The molecule has 2 N–H and O–H groups in total. The lowest BCUT2D eigenvalue weighted by molar-refractivity contribution is 0.00578. The number of halogens is 3. The summed E-state index contributed by atoms with van der Waals surface area (Å²) >= 11 is 15.0. The molecule has 0 atom stereocenters. The van der Waals surface area contributed by atoms with Crippen molar-refractivity contribution in [2.45, 2.75) is 110 Å². The smallest absolute Gasteiger partial charge is 0.461 e. The number of nitrogens with zero attached hydrogens (tertiary/aromatic N) is 11. The summed E-state index contributed by atoms with van der Waals surface area (Å²) in [4.78, 5) is 73.7. The van der Waals surface area contributed by atoms with Crippen LogP contribution in [0.3, 0.4) is 0 Å². The largest absolute Gasteiger partial charge is 0.497 e. The molecular weight excluding hydrogens is 1980 g/mol. The maximum absolute atomic E-state index is 12.3. The van der Waals surface area contributed by atoms with E-state index in [0.29, 0.717) is 74.2 Å². The molecule has 706 valence electrons. The highest BCUT2D eigenvalue weighted by Gasteiger charge is 2.53. The number of ether oxygens (including phenoxy) is 8. The number of primary sulfonamides is 1. The van der Waals surface area contributed by atoms with Crippen LogP contribution in [0.4, 0.5) is 0 Å². The van der Waals surface area contributed by atoms with E-state index >= 15 is 0 Å². The predicted molar refractivity (Wildman–Crippen MR) is 534 cm³/mol. The minimum Gasteiger partial charge on any atom is -0.461 e. The molecule has 6 aliphatic heterocycles. The van der Waals surface area contributed by atoms with E-state index in [2.05, 4.69) is 195 Å². The third-order valence-electron chi connectivity index (χ3n) is 24.8. The molecule has 6 aromatic carbocycles.